The summed E-state index contributed by atoms with van der Waals surface area (Å²) in [5.41, 5.74) is 1.92. The molecule has 0 saturated carbocycles. The van der Waals surface area contributed by atoms with Crippen molar-refractivity contribution in [2.24, 2.45) is 10.2 Å². The molecule has 0 bridgehead atoms. The van der Waals surface area contributed by atoms with Crippen LogP contribution in [0.1, 0.15) is 13.8 Å². The summed E-state index contributed by atoms with van der Waals surface area (Å²) >= 11 is 0. The summed E-state index contributed by atoms with van der Waals surface area (Å²) < 4.78 is 0. The molecule has 2 aromatic carbocycles. The fourth-order valence-corrected chi connectivity index (χ4v) is 2.32. The normalized spacial score (nSPS) is 23.4. The summed E-state index contributed by atoms with van der Waals surface area (Å²) in [4.78, 5) is 0. The van der Waals surface area contributed by atoms with Crippen molar-refractivity contribution in [3.63, 3.8) is 0 Å². The lowest BCUT2D eigenvalue weighted by atomic mass is 10.1. The molecule has 0 spiro atoms. The monoisotopic (exact) mass is 234 g/mol. The van der Waals surface area contributed by atoms with Gasteiger partial charge in [0, 0.05) is 10.4 Å². The fourth-order valence-electron chi connectivity index (χ4n) is 2.32. The third-order valence-corrected chi connectivity index (χ3v) is 3.27. The molecule has 1 aliphatic heterocycles. The fraction of sp³-hybridized carbons (Fsp3) is 0.125. The van der Waals surface area contributed by atoms with E-state index in [4.69, 9.17) is 0 Å². The zero-order valence-electron chi connectivity index (χ0n) is 10.5. The zero-order valence-corrected chi connectivity index (χ0v) is 10.5. The highest BCUT2D eigenvalue weighted by molar-refractivity contribution is 5.47. The number of benzene rings is 2. The Labute approximate surface area is 105 Å². The van der Waals surface area contributed by atoms with Crippen molar-refractivity contribution in [3.05, 3.63) is 69.4 Å². The number of rotatable bonds is 0. The van der Waals surface area contributed by atoms with Crippen LogP contribution in [0.5, 0.6) is 0 Å². The van der Waals surface area contributed by atoms with Crippen LogP contribution in [-0.4, -0.2) is 0 Å². The van der Waals surface area contributed by atoms with Crippen molar-refractivity contribution in [1.29, 1.82) is 0 Å². The van der Waals surface area contributed by atoms with E-state index in [1.165, 1.54) is 10.4 Å². The molecular weight excluding hydrogens is 220 g/mol. The van der Waals surface area contributed by atoms with Crippen LogP contribution < -0.4 is 10.4 Å². The van der Waals surface area contributed by atoms with Gasteiger partial charge in [0.25, 0.3) is 0 Å². The molecule has 2 nitrogen and oxygen atoms in total. The second kappa shape index (κ2) is 4.22. The smallest absolute Gasteiger partial charge is 0.0678 e. The number of hydrogen-bond donors (Lipinski definition) is 0. The van der Waals surface area contributed by atoms with E-state index in [2.05, 4.69) is 46.6 Å². The molecule has 18 heavy (non-hydrogen) atoms. The second-order valence-electron chi connectivity index (χ2n) is 4.46. The molecule has 3 rings (SSSR count). The molecule has 0 amide bonds. The molecule has 0 aliphatic carbocycles. The van der Waals surface area contributed by atoms with Gasteiger partial charge in [-0.05, 0) is 24.3 Å². The average Bonchev–Trinajstić information content (AvgIpc) is 2.43. The average molecular weight is 234 g/mol. The highest BCUT2D eigenvalue weighted by atomic mass is 15.1. The summed E-state index contributed by atoms with van der Waals surface area (Å²) in [6.45, 7) is 4.01. The van der Waals surface area contributed by atoms with Crippen molar-refractivity contribution in [2.75, 3.05) is 0 Å². The van der Waals surface area contributed by atoms with E-state index in [0.29, 0.717) is 0 Å². The number of azo groups is 1. The van der Waals surface area contributed by atoms with Gasteiger partial charge >= 0.3 is 0 Å². The molecule has 1 heterocycles. The van der Waals surface area contributed by atoms with Crippen LogP contribution in [0, 0.1) is 10.4 Å². The van der Waals surface area contributed by atoms with Crippen LogP contribution >= 0.6 is 0 Å². The van der Waals surface area contributed by atoms with Gasteiger partial charge in [0.15, 0.2) is 0 Å². The maximum Gasteiger partial charge on any atom is 0.0678 e. The third-order valence-electron chi connectivity index (χ3n) is 3.27. The maximum absolute atomic E-state index is 4.31. The van der Waals surface area contributed by atoms with Gasteiger partial charge in [-0.1, -0.05) is 48.5 Å². The van der Waals surface area contributed by atoms with Crippen LogP contribution in [-0.2, 0) is 0 Å². The van der Waals surface area contributed by atoms with Crippen molar-refractivity contribution >= 4 is 11.4 Å². The molecule has 0 saturated heterocycles. The summed E-state index contributed by atoms with van der Waals surface area (Å²) in [7, 11) is 0. The Bertz CT molecular complexity index is 774. The van der Waals surface area contributed by atoms with Gasteiger partial charge in [0.05, 0.1) is 11.4 Å². The highest BCUT2D eigenvalue weighted by Crippen LogP contribution is 2.04. The van der Waals surface area contributed by atoms with Gasteiger partial charge in [0.1, 0.15) is 0 Å². The molecule has 0 fully saturated rings. The first-order valence-electron chi connectivity index (χ1n) is 6.05. The Balaban J connectivity index is 2.80. The standard InChI is InChI=1S/C16H14N2/c1-11-13-7-3-5-9-15(13)16-10-6-4-8-14(16)12(2)18-17-11/h3-10H,1-2H3/b13-11-,14-12-,16-15-,17-11?,18-12?,18-17-. The van der Waals surface area contributed by atoms with Crippen LogP contribution in [0.25, 0.3) is 11.4 Å². The molecule has 2 heteroatoms. The van der Waals surface area contributed by atoms with Crippen molar-refractivity contribution < 1.29 is 0 Å². The predicted molar refractivity (Wildman–Crippen MR) is 72.8 cm³/mol. The largest absolute Gasteiger partial charge is 0.155 e. The molecule has 88 valence electrons. The van der Waals surface area contributed by atoms with Gasteiger partial charge in [0.2, 0.25) is 0 Å². The van der Waals surface area contributed by atoms with Crippen LogP contribution in [0.15, 0.2) is 58.8 Å². The molecular formula is C16H14N2. The first-order valence-corrected chi connectivity index (χ1v) is 6.05. The lowest BCUT2D eigenvalue weighted by Gasteiger charge is -2.01. The predicted octanol–water partition coefficient (Wildman–Crippen LogP) is 2.70. The van der Waals surface area contributed by atoms with Crippen molar-refractivity contribution in [3.8, 4) is 0 Å². The van der Waals surface area contributed by atoms with E-state index in [1.54, 1.807) is 0 Å². The Morgan fingerprint density at radius 1 is 0.556 bits per heavy atom. The van der Waals surface area contributed by atoms with Crippen molar-refractivity contribution in [1.82, 2.24) is 0 Å². The Kier molecular flexibility index (Phi) is 2.56. The topological polar surface area (TPSA) is 24.7 Å². The van der Waals surface area contributed by atoms with Gasteiger partial charge in [-0.3, -0.25) is 0 Å². The van der Waals surface area contributed by atoms with Gasteiger partial charge in [-0.2, -0.15) is 10.2 Å². The van der Waals surface area contributed by atoms with E-state index >= 15 is 0 Å². The highest BCUT2D eigenvalue weighted by Gasteiger charge is 1.99. The summed E-state index contributed by atoms with van der Waals surface area (Å²) in [5, 5.41) is 13.4. The third kappa shape index (κ3) is 1.66. The van der Waals surface area contributed by atoms with Crippen LogP contribution in [0.3, 0.4) is 0 Å². The molecule has 1 aliphatic rings. The first-order chi connectivity index (χ1) is 8.77. The minimum Gasteiger partial charge on any atom is -0.155 e. The van der Waals surface area contributed by atoms with E-state index in [0.717, 1.165) is 21.8 Å². The quantitative estimate of drug-likeness (QED) is 0.669. The van der Waals surface area contributed by atoms with E-state index in [-0.39, 0.29) is 0 Å². The van der Waals surface area contributed by atoms with E-state index < -0.39 is 0 Å². The lowest BCUT2D eigenvalue weighted by Crippen LogP contribution is -2.13. The number of fused-ring (bicyclic) bond motifs is 2. The minimum atomic E-state index is 0.958. The van der Waals surface area contributed by atoms with Gasteiger partial charge in [-0.25, -0.2) is 0 Å². The van der Waals surface area contributed by atoms with Gasteiger partial charge in [-0.15, -0.1) is 0 Å². The SMILES string of the molecule is CC1=c2\cccc\c2=c2/cccc/c2=C(C)/N=N\1. The Morgan fingerprint density at radius 2 is 0.889 bits per heavy atom. The first kappa shape index (κ1) is 10.9. The molecule has 0 unspecified atom stereocenters. The number of nitrogens with zero attached hydrogens (tertiary/aromatic N) is 2. The Morgan fingerprint density at radius 3 is 1.28 bits per heavy atom. The number of hydrogen-bond acceptors (Lipinski definition) is 2. The second-order valence-corrected chi connectivity index (χ2v) is 4.46. The summed E-state index contributed by atoms with van der Waals surface area (Å²) in [6.07, 6.45) is 0. The Hall–Kier alpha value is -2.22. The van der Waals surface area contributed by atoms with E-state index in [9.17, 15) is 0 Å². The van der Waals surface area contributed by atoms with E-state index in [1.807, 2.05) is 26.0 Å². The van der Waals surface area contributed by atoms with Crippen LogP contribution in [0.4, 0.5) is 0 Å². The van der Waals surface area contributed by atoms with Crippen molar-refractivity contribution in [2.45, 2.75) is 13.8 Å². The van der Waals surface area contributed by atoms with Gasteiger partial charge < -0.3 is 0 Å². The molecule has 0 atom stereocenters. The zero-order chi connectivity index (χ0) is 12.5. The summed E-state index contributed by atoms with van der Waals surface area (Å²) in [5.74, 6) is 0. The molecule has 2 aromatic rings. The molecule has 0 radical (unpaired) electrons. The maximum atomic E-state index is 4.31. The molecule has 0 aromatic heterocycles. The summed E-state index contributed by atoms with van der Waals surface area (Å²) in [6, 6.07) is 16.7. The lowest BCUT2D eigenvalue weighted by molar-refractivity contribution is 1.17. The minimum absolute atomic E-state index is 0.958. The van der Waals surface area contributed by atoms with Crippen LogP contribution in [0.2, 0.25) is 0 Å². The molecule has 0 N–H and O–H groups in total.